The molecular weight excluding hydrogens is 330 g/mol. The Morgan fingerprint density at radius 1 is 1.27 bits per heavy atom. The van der Waals surface area contributed by atoms with Crippen LogP contribution in [-0.4, -0.2) is 43.1 Å². The number of carbonyl (C=O) groups excluding carboxylic acids is 2. The summed E-state index contributed by atoms with van der Waals surface area (Å²) in [4.78, 5) is 27.3. The van der Waals surface area contributed by atoms with Crippen LogP contribution < -0.4 is 15.4 Å². The Kier molecular flexibility index (Phi) is 5.39. The van der Waals surface area contributed by atoms with E-state index in [2.05, 4.69) is 10.6 Å². The fourth-order valence-corrected chi connectivity index (χ4v) is 4.36. The maximum Gasteiger partial charge on any atom is 0.321 e. The number of hydrogen-bond donors (Lipinski definition) is 2. The Hall–Kier alpha value is -2.24. The highest BCUT2D eigenvalue weighted by Gasteiger charge is 2.52. The van der Waals surface area contributed by atoms with Gasteiger partial charge >= 0.3 is 6.03 Å². The molecule has 1 unspecified atom stereocenters. The molecule has 2 fully saturated rings. The van der Waals surface area contributed by atoms with Gasteiger partial charge in [0.25, 0.3) is 0 Å². The predicted octanol–water partition coefficient (Wildman–Crippen LogP) is 3.24. The number of nitrogens with zero attached hydrogens (tertiary/aromatic N) is 1. The predicted molar refractivity (Wildman–Crippen MR) is 101 cm³/mol. The van der Waals surface area contributed by atoms with Gasteiger partial charge in [0.15, 0.2) is 0 Å². The van der Waals surface area contributed by atoms with E-state index in [0.29, 0.717) is 24.5 Å². The van der Waals surface area contributed by atoms with E-state index < -0.39 is 0 Å². The topological polar surface area (TPSA) is 70.7 Å². The summed E-state index contributed by atoms with van der Waals surface area (Å²) in [6.45, 7) is 5.08. The molecule has 2 N–H and O–H groups in total. The molecule has 1 aromatic carbocycles. The second kappa shape index (κ2) is 7.56. The van der Waals surface area contributed by atoms with Gasteiger partial charge in [-0.15, -0.1) is 0 Å². The molecule has 6 nitrogen and oxygen atoms in total. The molecule has 0 radical (unpaired) electrons. The van der Waals surface area contributed by atoms with Gasteiger partial charge in [0, 0.05) is 36.3 Å². The number of hydrogen-bond acceptors (Lipinski definition) is 3. The SMILES string of the molecule is COc1cccc(NC(=O)N2CC(C(=O)NC(C)C)C3(CCCC3)C2)c1. The Labute approximate surface area is 155 Å². The number of urea groups is 1. The second-order valence-electron chi connectivity index (χ2n) is 7.83. The number of likely N-dealkylation sites (tertiary alicyclic amines) is 1. The van der Waals surface area contributed by atoms with Crippen molar-refractivity contribution in [3.63, 3.8) is 0 Å². The summed E-state index contributed by atoms with van der Waals surface area (Å²) in [5.41, 5.74) is 0.634. The summed E-state index contributed by atoms with van der Waals surface area (Å²) < 4.78 is 5.21. The molecule has 0 aromatic heterocycles. The van der Waals surface area contributed by atoms with Crippen molar-refractivity contribution in [1.29, 1.82) is 0 Å². The fraction of sp³-hybridized carbons (Fsp3) is 0.600. The number of ether oxygens (including phenoxy) is 1. The number of rotatable bonds is 4. The molecule has 1 heterocycles. The number of carbonyl (C=O) groups is 2. The minimum absolute atomic E-state index is 0.0648. The lowest BCUT2D eigenvalue weighted by molar-refractivity contribution is -0.128. The largest absolute Gasteiger partial charge is 0.497 e. The van der Waals surface area contributed by atoms with Crippen molar-refractivity contribution in [1.82, 2.24) is 10.2 Å². The summed E-state index contributed by atoms with van der Waals surface area (Å²) in [5.74, 6) is 0.660. The summed E-state index contributed by atoms with van der Waals surface area (Å²) in [7, 11) is 1.60. The third-order valence-corrected chi connectivity index (χ3v) is 5.60. The summed E-state index contributed by atoms with van der Waals surface area (Å²) in [6.07, 6.45) is 4.31. The fourth-order valence-electron chi connectivity index (χ4n) is 4.36. The van der Waals surface area contributed by atoms with Crippen LogP contribution in [-0.2, 0) is 4.79 Å². The van der Waals surface area contributed by atoms with Gasteiger partial charge in [-0.2, -0.15) is 0 Å². The summed E-state index contributed by atoms with van der Waals surface area (Å²) in [6, 6.07) is 7.28. The lowest BCUT2D eigenvalue weighted by Crippen LogP contribution is -2.42. The molecule has 0 bridgehead atoms. The highest BCUT2D eigenvalue weighted by molar-refractivity contribution is 5.91. The molecule has 1 atom stereocenters. The zero-order valence-electron chi connectivity index (χ0n) is 15.9. The molecule has 1 aromatic rings. The quantitative estimate of drug-likeness (QED) is 0.867. The van der Waals surface area contributed by atoms with Crippen molar-refractivity contribution < 1.29 is 14.3 Å². The Morgan fingerprint density at radius 3 is 2.65 bits per heavy atom. The van der Waals surface area contributed by atoms with Crippen molar-refractivity contribution >= 4 is 17.6 Å². The average Bonchev–Trinajstić information content (AvgIpc) is 3.22. The molecule has 1 aliphatic heterocycles. The second-order valence-corrected chi connectivity index (χ2v) is 7.83. The van der Waals surface area contributed by atoms with E-state index in [9.17, 15) is 9.59 Å². The summed E-state index contributed by atoms with van der Waals surface area (Å²) in [5, 5.41) is 5.99. The molecule has 3 amide bonds. The number of amides is 3. The molecule has 2 aliphatic rings. The maximum atomic E-state index is 12.8. The molecule has 3 rings (SSSR count). The minimum Gasteiger partial charge on any atom is -0.497 e. The van der Waals surface area contributed by atoms with Crippen LogP contribution in [0, 0.1) is 11.3 Å². The standard InChI is InChI=1S/C20H29N3O3/c1-14(2)21-18(24)17-12-23(13-20(17)9-4-5-10-20)19(25)22-15-7-6-8-16(11-15)26-3/h6-8,11,14,17H,4-5,9-10,12-13H2,1-3H3,(H,21,24)(H,22,25). The molecule has 1 aliphatic carbocycles. The first kappa shape index (κ1) is 18.5. The molecule has 26 heavy (non-hydrogen) atoms. The average molecular weight is 359 g/mol. The van der Waals surface area contributed by atoms with Crippen LogP contribution in [0.3, 0.4) is 0 Å². The van der Waals surface area contributed by atoms with Crippen LogP contribution in [0.2, 0.25) is 0 Å². The lowest BCUT2D eigenvalue weighted by atomic mass is 9.76. The third kappa shape index (κ3) is 3.79. The maximum absolute atomic E-state index is 12.8. The lowest BCUT2D eigenvalue weighted by Gasteiger charge is -2.29. The van der Waals surface area contributed by atoms with Crippen molar-refractivity contribution in [2.24, 2.45) is 11.3 Å². The van der Waals surface area contributed by atoms with E-state index in [1.165, 1.54) is 0 Å². The zero-order chi connectivity index (χ0) is 18.7. The highest BCUT2D eigenvalue weighted by Crippen LogP contribution is 2.49. The van der Waals surface area contributed by atoms with Gasteiger partial charge in [-0.25, -0.2) is 4.79 Å². The minimum atomic E-state index is -0.149. The van der Waals surface area contributed by atoms with Gasteiger partial charge in [0.05, 0.1) is 13.0 Å². The van der Waals surface area contributed by atoms with Gasteiger partial charge in [-0.3, -0.25) is 4.79 Å². The van der Waals surface area contributed by atoms with Gasteiger partial charge in [0.1, 0.15) is 5.75 Å². The molecule has 6 heteroatoms. The van der Waals surface area contributed by atoms with Crippen molar-refractivity contribution in [2.75, 3.05) is 25.5 Å². The van der Waals surface area contributed by atoms with Gasteiger partial charge in [-0.05, 0) is 38.8 Å². The van der Waals surface area contributed by atoms with E-state index in [1.54, 1.807) is 18.1 Å². The highest BCUT2D eigenvalue weighted by atomic mass is 16.5. The first-order valence-corrected chi connectivity index (χ1v) is 9.44. The third-order valence-electron chi connectivity index (χ3n) is 5.60. The molecule has 1 saturated carbocycles. The molecule has 1 spiro atoms. The van der Waals surface area contributed by atoms with E-state index in [1.807, 2.05) is 32.0 Å². The monoisotopic (exact) mass is 359 g/mol. The number of nitrogens with one attached hydrogen (secondary N) is 2. The van der Waals surface area contributed by atoms with Crippen molar-refractivity contribution in [3.05, 3.63) is 24.3 Å². The van der Waals surface area contributed by atoms with Crippen LogP contribution in [0.5, 0.6) is 5.75 Å². The normalized spacial score (nSPS) is 21.2. The summed E-state index contributed by atoms with van der Waals surface area (Å²) >= 11 is 0. The van der Waals surface area contributed by atoms with Crippen LogP contribution >= 0.6 is 0 Å². The van der Waals surface area contributed by atoms with Crippen LogP contribution in [0.4, 0.5) is 10.5 Å². The van der Waals surface area contributed by atoms with E-state index in [-0.39, 0.29) is 29.3 Å². The van der Waals surface area contributed by atoms with Gasteiger partial charge in [-0.1, -0.05) is 18.9 Å². The van der Waals surface area contributed by atoms with Crippen LogP contribution in [0.25, 0.3) is 0 Å². The van der Waals surface area contributed by atoms with Crippen LogP contribution in [0.15, 0.2) is 24.3 Å². The van der Waals surface area contributed by atoms with Crippen LogP contribution in [0.1, 0.15) is 39.5 Å². The number of benzene rings is 1. The first-order chi connectivity index (χ1) is 12.4. The van der Waals surface area contributed by atoms with E-state index in [0.717, 1.165) is 25.7 Å². The number of methoxy groups -OCH3 is 1. The van der Waals surface area contributed by atoms with E-state index in [4.69, 9.17) is 4.74 Å². The molecule has 1 saturated heterocycles. The van der Waals surface area contributed by atoms with Gasteiger partial charge in [0.2, 0.25) is 5.91 Å². The first-order valence-electron chi connectivity index (χ1n) is 9.44. The smallest absolute Gasteiger partial charge is 0.321 e. The van der Waals surface area contributed by atoms with E-state index >= 15 is 0 Å². The Bertz CT molecular complexity index is 668. The Balaban J connectivity index is 1.72. The van der Waals surface area contributed by atoms with Crippen molar-refractivity contribution in [2.45, 2.75) is 45.6 Å². The molecule has 142 valence electrons. The number of anilines is 1. The van der Waals surface area contributed by atoms with Crippen molar-refractivity contribution in [3.8, 4) is 5.75 Å². The zero-order valence-corrected chi connectivity index (χ0v) is 15.9. The molecular formula is C20H29N3O3. The Morgan fingerprint density at radius 2 is 2.00 bits per heavy atom. The van der Waals surface area contributed by atoms with Gasteiger partial charge < -0.3 is 20.3 Å².